The zero-order valence-corrected chi connectivity index (χ0v) is 9.75. The molecule has 0 radical (unpaired) electrons. The lowest BCUT2D eigenvalue weighted by Gasteiger charge is -2.27. The first-order valence-corrected chi connectivity index (χ1v) is 5.20. The number of primary amides is 1. The summed E-state index contributed by atoms with van der Waals surface area (Å²) in [7, 11) is 0. The minimum Gasteiger partial charge on any atom is -0.371 e. The summed E-state index contributed by atoms with van der Waals surface area (Å²) < 4.78 is 13.4. The molecule has 0 saturated carbocycles. The Morgan fingerprint density at radius 3 is 2.71 bits per heavy atom. The molecule has 90 valence electrons. The first-order valence-electron chi connectivity index (χ1n) is 5.20. The molecule has 0 heterocycles. The summed E-state index contributed by atoms with van der Waals surface area (Å²) in [5.74, 6) is -1.13. The predicted octanol–water partition coefficient (Wildman–Crippen LogP) is 1.76. The number of halogens is 1. The number of benzene rings is 1. The lowest BCUT2D eigenvalue weighted by atomic mass is 9.97. The van der Waals surface area contributed by atoms with E-state index in [0.717, 1.165) is 0 Å². The highest BCUT2D eigenvalue weighted by atomic mass is 19.1. The first-order chi connectivity index (χ1) is 7.92. The molecule has 3 N–H and O–H groups in total. The summed E-state index contributed by atoms with van der Waals surface area (Å²) >= 11 is 0. The number of nitrogens with one attached hydrogen (secondary N) is 1. The molecule has 1 rings (SSSR count). The molecule has 0 spiro atoms. The monoisotopic (exact) mass is 235 g/mol. The number of anilines is 1. The van der Waals surface area contributed by atoms with Crippen molar-refractivity contribution in [1.82, 2.24) is 0 Å². The highest BCUT2D eigenvalue weighted by Gasteiger charge is 2.28. The van der Waals surface area contributed by atoms with E-state index in [0.29, 0.717) is 12.1 Å². The lowest BCUT2D eigenvalue weighted by molar-refractivity contribution is -0.121. The third-order valence-corrected chi connectivity index (χ3v) is 2.76. The van der Waals surface area contributed by atoms with Crippen LogP contribution in [0, 0.1) is 17.1 Å². The average Bonchev–Trinajstić information content (AvgIpc) is 2.29. The van der Waals surface area contributed by atoms with E-state index in [-0.39, 0.29) is 5.56 Å². The Morgan fingerprint density at radius 2 is 2.29 bits per heavy atom. The molecule has 1 aromatic rings. The van der Waals surface area contributed by atoms with Crippen molar-refractivity contribution in [2.45, 2.75) is 25.8 Å². The molecule has 1 aromatic carbocycles. The molecular weight excluding hydrogens is 221 g/mol. The second kappa shape index (κ2) is 4.83. The summed E-state index contributed by atoms with van der Waals surface area (Å²) in [6.45, 7) is 3.45. The van der Waals surface area contributed by atoms with Crippen LogP contribution in [0.4, 0.5) is 10.1 Å². The van der Waals surface area contributed by atoms with E-state index in [1.165, 1.54) is 12.1 Å². The van der Waals surface area contributed by atoms with Crippen LogP contribution in [0.5, 0.6) is 0 Å². The Morgan fingerprint density at radius 1 is 1.65 bits per heavy atom. The molecule has 0 fully saturated rings. The van der Waals surface area contributed by atoms with Crippen LogP contribution in [0.25, 0.3) is 0 Å². The summed E-state index contributed by atoms with van der Waals surface area (Å²) in [5.41, 5.74) is 4.73. The van der Waals surface area contributed by atoms with Gasteiger partial charge in [0.1, 0.15) is 17.4 Å². The molecule has 0 aliphatic rings. The lowest BCUT2D eigenvalue weighted by Crippen LogP contribution is -2.47. The summed E-state index contributed by atoms with van der Waals surface area (Å²) in [6, 6.07) is 5.80. The standard InChI is InChI=1S/C12H14FN3O/c1-3-12(2,11(15)17)16-9-5-4-8(7-14)10(13)6-9/h4-6,16H,3H2,1-2H3,(H2,15,17). The molecule has 0 aliphatic carbocycles. The molecule has 4 nitrogen and oxygen atoms in total. The second-order valence-corrected chi connectivity index (χ2v) is 3.98. The van der Waals surface area contributed by atoms with Crippen molar-refractivity contribution in [2.24, 2.45) is 5.73 Å². The summed E-state index contributed by atoms with van der Waals surface area (Å²) in [4.78, 5) is 11.3. The zero-order valence-electron chi connectivity index (χ0n) is 9.75. The van der Waals surface area contributed by atoms with Crippen LogP contribution in [0.15, 0.2) is 18.2 Å². The maximum absolute atomic E-state index is 13.4. The van der Waals surface area contributed by atoms with Crippen LogP contribution < -0.4 is 11.1 Å². The molecule has 1 amide bonds. The highest BCUT2D eigenvalue weighted by Crippen LogP contribution is 2.20. The molecule has 0 bridgehead atoms. The average molecular weight is 235 g/mol. The van der Waals surface area contributed by atoms with E-state index in [1.54, 1.807) is 26.0 Å². The van der Waals surface area contributed by atoms with Crippen molar-refractivity contribution in [2.75, 3.05) is 5.32 Å². The Kier molecular flexibility index (Phi) is 3.69. The normalized spacial score (nSPS) is 13.5. The third kappa shape index (κ3) is 2.72. The fraction of sp³-hybridized carbons (Fsp3) is 0.333. The fourth-order valence-corrected chi connectivity index (χ4v) is 1.33. The van der Waals surface area contributed by atoms with Gasteiger partial charge in [-0.15, -0.1) is 0 Å². The van der Waals surface area contributed by atoms with E-state index in [9.17, 15) is 9.18 Å². The van der Waals surface area contributed by atoms with E-state index >= 15 is 0 Å². The predicted molar refractivity (Wildman–Crippen MR) is 62.6 cm³/mol. The highest BCUT2D eigenvalue weighted by molar-refractivity contribution is 5.87. The van der Waals surface area contributed by atoms with Crippen molar-refractivity contribution < 1.29 is 9.18 Å². The van der Waals surface area contributed by atoms with Crippen LogP contribution in [-0.4, -0.2) is 11.4 Å². The zero-order chi connectivity index (χ0) is 13.1. The van der Waals surface area contributed by atoms with E-state index in [1.807, 2.05) is 0 Å². The van der Waals surface area contributed by atoms with Gasteiger partial charge in [0.25, 0.3) is 0 Å². The fourth-order valence-electron chi connectivity index (χ4n) is 1.33. The number of carbonyl (C=O) groups is 1. The minimum atomic E-state index is -0.930. The van der Waals surface area contributed by atoms with E-state index in [2.05, 4.69) is 5.32 Å². The number of rotatable bonds is 4. The minimum absolute atomic E-state index is 0.0344. The van der Waals surface area contributed by atoms with Crippen LogP contribution in [-0.2, 0) is 4.79 Å². The molecule has 1 atom stereocenters. The van der Waals surface area contributed by atoms with Gasteiger partial charge in [-0.25, -0.2) is 4.39 Å². The Hall–Kier alpha value is -2.09. The van der Waals surface area contributed by atoms with Gasteiger partial charge in [-0.2, -0.15) is 5.26 Å². The molecule has 0 saturated heterocycles. The number of hydrogen-bond donors (Lipinski definition) is 2. The van der Waals surface area contributed by atoms with Crippen molar-refractivity contribution in [3.05, 3.63) is 29.6 Å². The molecule has 17 heavy (non-hydrogen) atoms. The van der Waals surface area contributed by atoms with Gasteiger partial charge in [-0.1, -0.05) is 6.92 Å². The van der Waals surface area contributed by atoms with Crippen molar-refractivity contribution >= 4 is 11.6 Å². The van der Waals surface area contributed by atoms with Gasteiger partial charge >= 0.3 is 0 Å². The van der Waals surface area contributed by atoms with Gasteiger partial charge in [-0.05, 0) is 31.5 Å². The van der Waals surface area contributed by atoms with E-state index < -0.39 is 17.3 Å². The number of nitrogens with zero attached hydrogens (tertiary/aromatic N) is 1. The topological polar surface area (TPSA) is 78.9 Å². The number of amides is 1. The molecule has 1 unspecified atom stereocenters. The molecule has 0 aromatic heterocycles. The van der Waals surface area contributed by atoms with Gasteiger partial charge in [0.15, 0.2) is 0 Å². The van der Waals surface area contributed by atoms with Crippen molar-refractivity contribution in [3.8, 4) is 6.07 Å². The SMILES string of the molecule is CCC(C)(Nc1ccc(C#N)c(F)c1)C(N)=O. The number of nitrogens with two attached hydrogens (primary N) is 1. The van der Waals surface area contributed by atoms with E-state index in [4.69, 9.17) is 11.0 Å². The Labute approximate surface area is 99.2 Å². The maximum Gasteiger partial charge on any atom is 0.242 e. The first kappa shape index (κ1) is 13.0. The van der Waals surface area contributed by atoms with Crippen molar-refractivity contribution in [3.63, 3.8) is 0 Å². The van der Waals surface area contributed by atoms with Crippen LogP contribution in [0.2, 0.25) is 0 Å². The third-order valence-electron chi connectivity index (χ3n) is 2.76. The van der Waals surface area contributed by atoms with Crippen molar-refractivity contribution in [1.29, 1.82) is 5.26 Å². The van der Waals surface area contributed by atoms with Gasteiger partial charge in [0, 0.05) is 5.69 Å². The van der Waals surface area contributed by atoms with Gasteiger partial charge in [-0.3, -0.25) is 4.79 Å². The molecule has 0 aliphatic heterocycles. The number of carbonyl (C=O) groups excluding carboxylic acids is 1. The largest absolute Gasteiger partial charge is 0.371 e. The summed E-state index contributed by atoms with van der Waals surface area (Å²) in [5, 5.41) is 11.5. The Bertz CT molecular complexity index is 481. The van der Waals surface area contributed by atoms with Gasteiger partial charge in [0.2, 0.25) is 5.91 Å². The smallest absolute Gasteiger partial charge is 0.242 e. The number of hydrogen-bond acceptors (Lipinski definition) is 3. The molecule has 5 heteroatoms. The van der Waals surface area contributed by atoms with Gasteiger partial charge < -0.3 is 11.1 Å². The second-order valence-electron chi connectivity index (χ2n) is 3.98. The quantitative estimate of drug-likeness (QED) is 0.834. The molecular formula is C12H14FN3O. The van der Waals surface area contributed by atoms with Crippen LogP contribution >= 0.6 is 0 Å². The number of nitriles is 1. The summed E-state index contributed by atoms with van der Waals surface area (Å²) in [6.07, 6.45) is 0.476. The van der Waals surface area contributed by atoms with Crippen LogP contribution in [0.3, 0.4) is 0 Å². The van der Waals surface area contributed by atoms with Crippen LogP contribution in [0.1, 0.15) is 25.8 Å². The van der Waals surface area contributed by atoms with Gasteiger partial charge in [0.05, 0.1) is 5.56 Å². The Balaban J connectivity index is 3.00. The maximum atomic E-state index is 13.4.